The molecular weight excluding hydrogens is 701 g/mol. The lowest BCUT2D eigenvalue weighted by molar-refractivity contribution is 0.449. The number of hydrogen-bond acceptors (Lipinski definition) is 2. The molecule has 0 aromatic heterocycles. The first kappa shape index (κ1) is 34.0. The van der Waals surface area contributed by atoms with Crippen LogP contribution in [-0.4, -0.2) is 11.9 Å². The number of rotatable bonds is 5. The molecule has 1 N–H and O–H groups in total. The number of hydrogen-bond donors (Lipinski definition) is 1. The summed E-state index contributed by atoms with van der Waals surface area (Å²) < 4.78 is 0. The van der Waals surface area contributed by atoms with Crippen LogP contribution in [0, 0.1) is 22.7 Å². The molecule has 0 bridgehead atoms. The average molecular weight is 747 g/mol. The van der Waals surface area contributed by atoms with Crippen molar-refractivity contribution in [3.63, 3.8) is 0 Å². The number of allylic oxidation sites excluding steroid dienone is 17. The first-order chi connectivity index (χ1) is 28.6. The first-order valence-electron chi connectivity index (χ1n) is 21.4. The van der Waals surface area contributed by atoms with Crippen molar-refractivity contribution in [2.24, 2.45) is 22.2 Å². The summed E-state index contributed by atoms with van der Waals surface area (Å²) in [6.07, 6.45) is 35.2. The molecule has 0 heterocycles. The van der Waals surface area contributed by atoms with Gasteiger partial charge >= 0.3 is 0 Å². The van der Waals surface area contributed by atoms with Crippen LogP contribution in [0.2, 0.25) is 0 Å². The molecule has 12 rings (SSSR count). The van der Waals surface area contributed by atoms with Crippen molar-refractivity contribution in [2.45, 2.75) is 56.3 Å². The number of benzene rings is 4. The lowest BCUT2D eigenvalue weighted by atomic mass is 9.49. The summed E-state index contributed by atoms with van der Waals surface area (Å²) in [6, 6.07) is 35.0. The van der Waals surface area contributed by atoms with E-state index in [0.29, 0.717) is 11.6 Å². The number of nitrogens with one attached hydrogen (secondary N) is 1. The molecule has 0 aliphatic heterocycles. The van der Waals surface area contributed by atoms with Crippen LogP contribution in [0.3, 0.4) is 0 Å². The molecule has 0 saturated heterocycles. The Balaban J connectivity index is 1.24. The van der Waals surface area contributed by atoms with Gasteiger partial charge in [-0.15, -0.1) is 0 Å². The predicted molar refractivity (Wildman–Crippen MR) is 239 cm³/mol. The number of aliphatic imine (C=N–C) groups is 1. The Morgan fingerprint density at radius 2 is 1.43 bits per heavy atom. The molecule has 0 fully saturated rings. The van der Waals surface area contributed by atoms with Gasteiger partial charge in [-0.25, -0.2) is 0 Å². The summed E-state index contributed by atoms with van der Waals surface area (Å²) in [5.74, 6) is 0.587. The van der Waals surface area contributed by atoms with E-state index >= 15 is 0 Å². The normalized spacial score (nSPS) is 27.3. The van der Waals surface area contributed by atoms with Crippen molar-refractivity contribution in [3.8, 4) is 11.1 Å². The van der Waals surface area contributed by atoms with Gasteiger partial charge in [0.25, 0.3) is 0 Å². The maximum absolute atomic E-state index is 9.63. The highest BCUT2D eigenvalue weighted by molar-refractivity contribution is 6.11. The fourth-order valence-corrected chi connectivity index (χ4v) is 12.4. The topological polar surface area (TPSA) is 36.2 Å². The molecule has 8 aliphatic carbocycles. The molecule has 0 radical (unpaired) electrons. The van der Waals surface area contributed by atoms with Gasteiger partial charge in [-0.3, -0.25) is 4.99 Å². The zero-order valence-electron chi connectivity index (χ0n) is 33.0. The van der Waals surface area contributed by atoms with Crippen LogP contribution in [0.4, 0.5) is 0 Å². The van der Waals surface area contributed by atoms with Crippen molar-refractivity contribution in [1.82, 2.24) is 0 Å². The monoisotopic (exact) mass is 746 g/mol. The van der Waals surface area contributed by atoms with Gasteiger partial charge in [0.05, 0.1) is 22.2 Å². The second-order valence-corrected chi connectivity index (χ2v) is 17.6. The Morgan fingerprint density at radius 3 is 2.17 bits per heavy atom. The standard InChI is InChI=1S/C56H46N2/c1-54-32-15-14-29-51(54)56(53-42-33-38(42)30-31-47(53)54)46-27-13-12-26-45(46)55(43-24-10-8-21-39(43)40-22-9-11-25-44(40)55)52-41(23-16-28-48(52)56)50(58-35-36-17-4-2-5-18-36)34-49(57)37-19-6-3-7-20-37/h2-6,8-17,19,21-29,33-36,42,57H,7,18,20,30-32H2,1H3/b50-34-,57-49?,58-35+. The Labute approximate surface area is 342 Å². The molecule has 2 spiro atoms. The van der Waals surface area contributed by atoms with Crippen LogP contribution >= 0.6 is 0 Å². The van der Waals surface area contributed by atoms with E-state index in [0.717, 1.165) is 48.9 Å². The van der Waals surface area contributed by atoms with Gasteiger partial charge in [-0.1, -0.05) is 176 Å². The summed E-state index contributed by atoms with van der Waals surface area (Å²) in [5.41, 5.74) is 19.6. The van der Waals surface area contributed by atoms with Crippen LogP contribution in [0.15, 0.2) is 197 Å². The molecule has 2 heteroatoms. The Bertz CT molecular complexity index is 2790. The van der Waals surface area contributed by atoms with Gasteiger partial charge < -0.3 is 5.41 Å². The highest BCUT2D eigenvalue weighted by Gasteiger charge is 2.66. The van der Waals surface area contributed by atoms with Crippen molar-refractivity contribution in [2.75, 3.05) is 0 Å². The summed E-state index contributed by atoms with van der Waals surface area (Å²) >= 11 is 0. The van der Waals surface area contributed by atoms with Crippen molar-refractivity contribution in [3.05, 3.63) is 231 Å². The highest BCUT2D eigenvalue weighted by atomic mass is 14.8. The average Bonchev–Trinajstić information content (AvgIpc) is 3.97. The maximum Gasteiger partial charge on any atom is 0.0726 e. The van der Waals surface area contributed by atoms with Gasteiger partial charge in [0.1, 0.15) is 0 Å². The van der Waals surface area contributed by atoms with Gasteiger partial charge in [-0.05, 0) is 106 Å². The molecule has 58 heavy (non-hydrogen) atoms. The lowest BCUT2D eigenvalue weighted by Gasteiger charge is -2.52. The summed E-state index contributed by atoms with van der Waals surface area (Å²) in [5, 5.41) is 9.63. The van der Waals surface area contributed by atoms with Crippen molar-refractivity contribution >= 4 is 17.6 Å². The predicted octanol–water partition coefficient (Wildman–Crippen LogP) is 13.0. The number of nitrogens with zero attached hydrogens (tertiary/aromatic N) is 1. The zero-order valence-corrected chi connectivity index (χ0v) is 33.0. The van der Waals surface area contributed by atoms with E-state index < -0.39 is 10.8 Å². The Morgan fingerprint density at radius 1 is 0.707 bits per heavy atom. The Kier molecular flexibility index (Phi) is 7.29. The van der Waals surface area contributed by atoms with Crippen LogP contribution in [0.5, 0.6) is 0 Å². The minimum atomic E-state index is -0.614. The molecule has 4 unspecified atom stereocenters. The molecule has 2 nitrogen and oxygen atoms in total. The quantitative estimate of drug-likeness (QED) is 0.137. The summed E-state index contributed by atoms with van der Waals surface area (Å²) in [4.78, 5) is 5.51. The zero-order chi connectivity index (χ0) is 38.6. The van der Waals surface area contributed by atoms with E-state index in [1.807, 2.05) is 0 Å². The van der Waals surface area contributed by atoms with Gasteiger partial charge in [0.2, 0.25) is 0 Å². The third kappa shape index (κ3) is 4.38. The first-order valence-corrected chi connectivity index (χ1v) is 21.4. The van der Waals surface area contributed by atoms with Crippen LogP contribution in [-0.2, 0) is 10.8 Å². The second-order valence-electron chi connectivity index (χ2n) is 17.6. The molecular formula is C56H46N2. The maximum atomic E-state index is 9.63. The molecule has 0 amide bonds. The summed E-state index contributed by atoms with van der Waals surface area (Å²) in [6.45, 7) is 2.55. The van der Waals surface area contributed by atoms with E-state index in [1.54, 1.807) is 16.7 Å². The van der Waals surface area contributed by atoms with Crippen molar-refractivity contribution < 1.29 is 0 Å². The Hall–Kier alpha value is -6.12. The van der Waals surface area contributed by atoms with Crippen LogP contribution < -0.4 is 0 Å². The van der Waals surface area contributed by atoms with E-state index in [4.69, 9.17) is 4.99 Å². The van der Waals surface area contributed by atoms with Gasteiger partial charge in [0, 0.05) is 29.0 Å². The molecule has 4 atom stereocenters. The summed E-state index contributed by atoms with van der Waals surface area (Å²) in [7, 11) is 0. The molecule has 4 aromatic carbocycles. The van der Waals surface area contributed by atoms with Gasteiger partial charge in [0.15, 0.2) is 0 Å². The van der Waals surface area contributed by atoms with Gasteiger partial charge in [-0.2, -0.15) is 0 Å². The second kappa shape index (κ2) is 12.4. The number of fused-ring (bicyclic) bond motifs is 17. The highest BCUT2D eigenvalue weighted by Crippen LogP contribution is 2.75. The fraction of sp³-hybridized carbons (Fsp3) is 0.214. The van der Waals surface area contributed by atoms with Crippen LogP contribution in [0.25, 0.3) is 16.8 Å². The van der Waals surface area contributed by atoms with Crippen LogP contribution in [0.1, 0.15) is 84.4 Å². The minimum absolute atomic E-state index is 0.0663. The van der Waals surface area contributed by atoms with Crippen molar-refractivity contribution in [1.29, 1.82) is 5.41 Å². The van der Waals surface area contributed by atoms with E-state index in [-0.39, 0.29) is 11.3 Å². The third-order valence-corrected chi connectivity index (χ3v) is 14.8. The smallest absolute Gasteiger partial charge is 0.0726 e. The van der Waals surface area contributed by atoms with E-state index in [2.05, 4.69) is 177 Å². The molecule has 4 aromatic rings. The largest absolute Gasteiger partial charge is 0.301 e. The van der Waals surface area contributed by atoms with E-state index in [9.17, 15) is 5.41 Å². The molecule has 0 saturated carbocycles. The third-order valence-electron chi connectivity index (χ3n) is 14.8. The molecule has 280 valence electrons. The lowest BCUT2D eigenvalue weighted by Crippen LogP contribution is -2.46. The van der Waals surface area contributed by atoms with E-state index in [1.165, 1.54) is 56.5 Å². The molecule has 8 aliphatic rings. The fourth-order valence-electron chi connectivity index (χ4n) is 12.4. The SMILES string of the molecule is CC12CC=CC=C1C1(C3=C2CCC2=CC23)c2ccccc2C2(c3ccccc3-c3ccccc32)c2c(C(=C/C(=N)C3=CC=CCC3)/N=C/C3C=CC=CC3)cccc21. The minimum Gasteiger partial charge on any atom is -0.301 e.